The third-order valence-electron chi connectivity index (χ3n) is 7.73. The van der Waals surface area contributed by atoms with E-state index in [9.17, 15) is 9.59 Å². The molecule has 2 heterocycles. The molecule has 0 bridgehead atoms. The molecular formula is C29H41N3O4S. The molecule has 0 saturated carbocycles. The Bertz CT molecular complexity index is 1140. The molecule has 1 aliphatic heterocycles. The molecule has 2 aromatic rings. The Morgan fingerprint density at radius 1 is 1.14 bits per heavy atom. The number of anilines is 2. The minimum atomic E-state index is -0.236. The number of carbonyl (C=O) groups excluding carboxylic acids is 2. The number of fused-ring (bicyclic) bond motifs is 1. The topological polar surface area (TPSA) is 79.9 Å². The summed E-state index contributed by atoms with van der Waals surface area (Å²) >= 11 is 1.56. The lowest BCUT2D eigenvalue weighted by Crippen LogP contribution is -2.39. The highest BCUT2D eigenvalue weighted by Gasteiger charge is 2.34. The van der Waals surface area contributed by atoms with Gasteiger partial charge >= 0.3 is 0 Å². The molecule has 2 atom stereocenters. The van der Waals surface area contributed by atoms with Crippen LogP contribution in [0.3, 0.4) is 0 Å². The van der Waals surface area contributed by atoms with Crippen molar-refractivity contribution in [1.29, 1.82) is 0 Å². The van der Waals surface area contributed by atoms with Gasteiger partial charge in [0.15, 0.2) is 0 Å². The van der Waals surface area contributed by atoms with Crippen LogP contribution in [0.15, 0.2) is 18.2 Å². The van der Waals surface area contributed by atoms with Crippen LogP contribution in [0.2, 0.25) is 0 Å². The van der Waals surface area contributed by atoms with E-state index in [1.165, 1.54) is 11.3 Å². The van der Waals surface area contributed by atoms with Gasteiger partial charge in [-0.05, 0) is 73.6 Å². The van der Waals surface area contributed by atoms with Gasteiger partial charge in [0.05, 0.1) is 32.0 Å². The second-order valence-corrected chi connectivity index (χ2v) is 12.7. The summed E-state index contributed by atoms with van der Waals surface area (Å²) in [7, 11) is 3.16. The Hall–Kier alpha value is -2.58. The summed E-state index contributed by atoms with van der Waals surface area (Å²) in [5.74, 6) is 2.01. The average molecular weight is 528 g/mol. The molecule has 2 N–H and O–H groups in total. The van der Waals surface area contributed by atoms with Gasteiger partial charge in [0.2, 0.25) is 5.91 Å². The van der Waals surface area contributed by atoms with E-state index in [0.717, 1.165) is 44.3 Å². The molecule has 2 amide bonds. The predicted molar refractivity (Wildman–Crippen MR) is 150 cm³/mol. The number of methoxy groups -OCH3 is 2. The Balaban J connectivity index is 1.62. The summed E-state index contributed by atoms with van der Waals surface area (Å²) in [6.07, 6.45) is 5.10. The summed E-state index contributed by atoms with van der Waals surface area (Å²) in [5, 5.41) is 6.80. The van der Waals surface area contributed by atoms with Crippen LogP contribution in [0.25, 0.3) is 0 Å². The van der Waals surface area contributed by atoms with E-state index in [1.807, 2.05) is 0 Å². The van der Waals surface area contributed by atoms with Gasteiger partial charge in [-0.1, -0.05) is 27.7 Å². The minimum Gasteiger partial charge on any atom is -0.497 e. The number of piperidine rings is 1. The molecule has 0 radical (unpaired) electrons. The van der Waals surface area contributed by atoms with Gasteiger partial charge in [-0.15, -0.1) is 11.3 Å². The summed E-state index contributed by atoms with van der Waals surface area (Å²) in [6.45, 7) is 11.3. The fourth-order valence-electron chi connectivity index (χ4n) is 5.55. The molecule has 1 saturated heterocycles. The lowest BCUT2D eigenvalue weighted by Gasteiger charge is -2.33. The first-order chi connectivity index (χ1) is 17.6. The van der Waals surface area contributed by atoms with Crippen molar-refractivity contribution >= 4 is 33.8 Å². The van der Waals surface area contributed by atoms with Crippen molar-refractivity contribution in [3.63, 3.8) is 0 Å². The van der Waals surface area contributed by atoms with Crippen LogP contribution in [0.1, 0.15) is 67.8 Å². The van der Waals surface area contributed by atoms with Crippen molar-refractivity contribution in [2.45, 2.75) is 59.8 Å². The molecule has 37 heavy (non-hydrogen) atoms. The second kappa shape index (κ2) is 11.4. The minimum absolute atomic E-state index is 0.0620. The molecule has 0 spiro atoms. The normalized spacial score (nSPS) is 20.2. The standard InChI is InChI=1S/C29H41N3O4S/c1-18-8-7-13-32(16-18)17-25(33)31-28-26(21-11-9-19(29(2,3)4)14-24(21)37-28)27(34)30-22-15-20(35-5)10-12-23(22)36-6/h10,12,15,18-19H,7-9,11,13-14,16-17H2,1-6H3,(H,30,34)(H,31,33)/t18-,19+/m0/s1. The number of benzene rings is 1. The zero-order valence-corrected chi connectivity index (χ0v) is 23.8. The van der Waals surface area contributed by atoms with Gasteiger partial charge in [0.1, 0.15) is 16.5 Å². The molecule has 1 fully saturated rings. The third kappa shape index (κ3) is 6.47. The SMILES string of the molecule is COc1ccc(OC)c(NC(=O)c2c(NC(=O)CN3CCC[C@H](C)C3)sc3c2CC[C@@H](C(C)(C)C)C3)c1. The van der Waals surface area contributed by atoms with Gasteiger partial charge in [-0.25, -0.2) is 0 Å². The number of nitrogens with zero attached hydrogens (tertiary/aromatic N) is 1. The van der Waals surface area contributed by atoms with Crippen molar-refractivity contribution in [3.05, 3.63) is 34.2 Å². The molecule has 1 aromatic carbocycles. The summed E-state index contributed by atoms with van der Waals surface area (Å²) in [6, 6.07) is 5.31. The van der Waals surface area contributed by atoms with E-state index in [0.29, 0.717) is 46.1 Å². The van der Waals surface area contributed by atoms with Crippen molar-refractivity contribution in [2.75, 3.05) is 44.5 Å². The molecule has 4 rings (SSSR count). The van der Waals surface area contributed by atoms with E-state index in [2.05, 4.69) is 43.2 Å². The maximum atomic E-state index is 13.8. The first-order valence-corrected chi connectivity index (χ1v) is 14.1. The maximum absolute atomic E-state index is 13.8. The summed E-state index contributed by atoms with van der Waals surface area (Å²) in [4.78, 5) is 30.3. The van der Waals surface area contributed by atoms with E-state index in [4.69, 9.17) is 9.47 Å². The van der Waals surface area contributed by atoms with Gasteiger partial charge in [-0.3, -0.25) is 14.5 Å². The van der Waals surface area contributed by atoms with Gasteiger partial charge in [-0.2, -0.15) is 0 Å². The molecule has 7 nitrogen and oxygen atoms in total. The lowest BCUT2D eigenvalue weighted by molar-refractivity contribution is -0.117. The monoisotopic (exact) mass is 527 g/mol. The van der Waals surface area contributed by atoms with Crippen LogP contribution in [0.4, 0.5) is 10.7 Å². The molecule has 0 unspecified atom stereocenters. The summed E-state index contributed by atoms with van der Waals surface area (Å²) < 4.78 is 10.8. The number of amides is 2. The fraction of sp³-hybridized carbons (Fsp3) is 0.586. The van der Waals surface area contributed by atoms with Crippen LogP contribution in [0, 0.1) is 17.3 Å². The molecular weight excluding hydrogens is 486 g/mol. The number of rotatable bonds is 7. The number of likely N-dealkylation sites (tertiary alicyclic amines) is 1. The molecule has 1 aliphatic carbocycles. The van der Waals surface area contributed by atoms with E-state index < -0.39 is 0 Å². The number of hydrogen-bond acceptors (Lipinski definition) is 6. The van der Waals surface area contributed by atoms with E-state index >= 15 is 0 Å². The van der Waals surface area contributed by atoms with Gasteiger partial charge in [0, 0.05) is 17.5 Å². The van der Waals surface area contributed by atoms with Crippen LogP contribution in [-0.4, -0.2) is 50.6 Å². The Morgan fingerprint density at radius 3 is 2.59 bits per heavy atom. The molecule has 202 valence electrons. The van der Waals surface area contributed by atoms with E-state index in [-0.39, 0.29) is 17.2 Å². The second-order valence-electron chi connectivity index (χ2n) is 11.6. The highest BCUT2D eigenvalue weighted by Crippen LogP contribution is 2.44. The number of thiophene rings is 1. The largest absolute Gasteiger partial charge is 0.497 e. The van der Waals surface area contributed by atoms with Crippen molar-refractivity contribution in [1.82, 2.24) is 4.90 Å². The zero-order chi connectivity index (χ0) is 26.7. The van der Waals surface area contributed by atoms with E-state index in [1.54, 1.807) is 43.8 Å². The van der Waals surface area contributed by atoms with Crippen LogP contribution >= 0.6 is 11.3 Å². The number of hydrogen-bond donors (Lipinski definition) is 2. The molecule has 1 aromatic heterocycles. The van der Waals surface area contributed by atoms with Crippen LogP contribution in [0.5, 0.6) is 11.5 Å². The van der Waals surface area contributed by atoms with Crippen LogP contribution < -0.4 is 20.1 Å². The van der Waals surface area contributed by atoms with Crippen molar-refractivity contribution in [3.8, 4) is 11.5 Å². The fourth-order valence-corrected chi connectivity index (χ4v) is 6.89. The van der Waals surface area contributed by atoms with Crippen LogP contribution in [-0.2, 0) is 17.6 Å². The quantitative estimate of drug-likeness (QED) is 0.473. The van der Waals surface area contributed by atoms with Gasteiger partial charge < -0.3 is 20.1 Å². The molecule has 8 heteroatoms. The Labute approximate surface area is 224 Å². The number of nitrogens with one attached hydrogen (secondary N) is 2. The first kappa shape index (κ1) is 27.5. The average Bonchev–Trinajstić information content (AvgIpc) is 3.20. The van der Waals surface area contributed by atoms with Crippen molar-refractivity contribution in [2.24, 2.45) is 17.3 Å². The maximum Gasteiger partial charge on any atom is 0.259 e. The number of ether oxygens (including phenoxy) is 2. The smallest absolute Gasteiger partial charge is 0.259 e. The van der Waals surface area contributed by atoms with Gasteiger partial charge in [0.25, 0.3) is 5.91 Å². The highest BCUT2D eigenvalue weighted by molar-refractivity contribution is 7.17. The Kier molecular flexibility index (Phi) is 8.49. The predicted octanol–water partition coefficient (Wildman–Crippen LogP) is 5.84. The molecule has 2 aliphatic rings. The highest BCUT2D eigenvalue weighted by atomic mass is 32.1. The zero-order valence-electron chi connectivity index (χ0n) is 23.0. The first-order valence-electron chi connectivity index (χ1n) is 13.3. The number of carbonyl (C=O) groups is 2. The lowest BCUT2D eigenvalue weighted by atomic mass is 9.72. The Morgan fingerprint density at radius 2 is 1.92 bits per heavy atom. The van der Waals surface area contributed by atoms with Crippen molar-refractivity contribution < 1.29 is 19.1 Å². The summed E-state index contributed by atoms with van der Waals surface area (Å²) in [5.41, 5.74) is 2.37. The third-order valence-corrected chi connectivity index (χ3v) is 8.90.